The summed E-state index contributed by atoms with van der Waals surface area (Å²) in [4.78, 5) is 0.903. The molecule has 1 heteroatoms. The summed E-state index contributed by atoms with van der Waals surface area (Å²) in [6.45, 7) is 10.7. The molecule has 7 heavy (non-hydrogen) atoms. The first kappa shape index (κ1) is 6.83. The van der Waals surface area contributed by atoms with E-state index in [-0.39, 0.29) is 0 Å². The lowest BCUT2D eigenvalue weighted by atomic mass is 10.7. The molecule has 0 aromatic rings. The van der Waals surface area contributed by atoms with Crippen molar-refractivity contribution in [2.45, 2.75) is 0 Å². The van der Waals surface area contributed by atoms with Crippen LogP contribution in [0.2, 0.25) is 0 Å². The van der Waals surface area contributed by atoms with Gasteiger partial charge in [0.25, 0.3) is 0 Å². The molecule has 0 aliphatic carbocycles. The molecule has 0 atom stereocenters. The first-order valence-electron chi connectivity index (χ1n) is 2.02. The van der Waals surface area contributed by atoms with Gasteiger partial charge in [-0.3, -0.25) is 0 Å². The van der Waals surface area contributed by atoms with Crippen LogP contribution in [-0.2, 0) is 0 Å². The Kier molecular flexibility index (Phi) is 3.90. The number of hydrogen-bond donors (Lipinski definition) is 0. The zero-order chi connectivity index (χ0) is 5.70. The Labute approximate surface area is 49.3 Å². The van der Waals surface area contributed by atoms with Gasteiger partial charge in [0.2, 0.25) is 0 Å². The van der Waals surface area contributed by atoms with Gasteiger partial charge in [-0.1, -0.05) is 12.7 Å². The lowest BCUT2D eigenvalue weighted by molar-refractivity contribution is 1.81. The molecule has 0 amide bonds. The second-order valence-electron chi connectivity index (χ2n) is 1.14. The Hall–Kier alpha value is -0.170. The molecule has 0 rings (SSSR count). The molecular formula is C6H9S. The molecule has 0 aromatic carbocycles. The SMILES string of the molecule is [CH2]C(=C)SCC=C. The third kappa shape index (κ3) is 5.83. The molecule has 39 valence electrons. The Morgan fingerprint density at radius 3 is 2.43 bits per heavy atom. The Morgan fingerprint density at radius 1 is 1.71 bits per heavy atom. The maximum absolute atomic E-state index is 3.60. The van der Waals surface area contributed by atoms with Gasteiger partial charge in [-0.25, -0.2) is 0 Å². The van der Waals surface area contributed by atoms with E-state index in [1.807, 2.05) is 6.08 Å². The molecule has 0 aromatic heterocycles. The zero-order valence-corrected chi connectivity index (χ0v) is 5.13. The lowest BCUT2D eigenvalue weighted by Crippen LogP contribution is -1.65. The molecule has 0 aliphatic rings. The van der Waals surface area contributed by atoms with E-state index in [1.54, 1.807) is 11.8 Å². The monoisotopic (exact) mass is 113 g/mol. The minimum absolute atomic E-state index is 0.903. The Bertz CT molecular complexity index is 74.2. The normalized spacial score (nSPS) is 8.14. The van der Waals surface area contributed by atoms with Crippen LogP contribution in [0.15, 0.2) is 24.1 Å². The van der Waals surface area contributed by atoms with Crippen LogP contribution in [-0.4, -0.2) is 5.75 Å². The molecule has 0 spiro atoms. The Morgan fingerprint density at radius 2 is 2.29 bits per heavy atom. The van der Waals surface area contributed by atoms with E-state index >= 15 is 0 Å². The summed E-state index contributed by atoms with van der Waals surface area (Å²) >= 11 is 1.61. The average molecular weight is 113 g/mol. The lowest BCUT2D eigenvalue weighted by Gasteiger charge is -1.88. The molecule has 0 aliphatic heterocycles. The summed E-state index contributed by atoms with van der Waals surface area (Å²) < 4.78 is 0. The van der Waals surface area contributed by atoms with E-state index in [1.165, 1.54) is 0 Å². The summed E-state index contributed by atoms with van der Waals surface area (Å²) in [6, 6.07) is 0. The van der Waals surface area contributed by atoms with Crippen molar-refractivity contribution in [3.05, 3.63) is 31.1 Å². The Balaban J connectivity index is 2.97. The van der Waals surface area contributed by atoms with Crippen molar-refractivity contribution in [1.29, 1.82) is 0 Å². The fourth-order valence-corrected chi connectivity index (χ4v) is 0.530. The van der Waals surface area contributed by atoms with Crippen LogP contribution in [0.4, 0.5) is 0 Å². The molecule has 0 heterocycles. The number of allylic oxidation sites excluding steroid dienone is 1. The van der Waals surface area contributed by atoms with Gasteiger partial charge in [-0.05, 0) is 11.8 Å². The van der Waals surface area contributed by atoms with Gasteiger partial charge in [0.15, 0.2) is 0 Å². The first-order valence-corrected chi connectivity index (χ1v) is 3.00. The predicted molar refractivity (Wildman–Crippen MR) is 37.2 cm³/mol. The summed E-state index contributed by atoms with van der Waals surface area (Å²) in [6.07, 6.45) is 1.83. The molecule has 1 radical (unpaired) electrons. The van der Waals surface area contributed by atoms with Crippen molar-refractivity contribution >= 4 is 11.8 Å². The standard InChI is InChI=1S/C6H9S/c1-4-5-7-6(2)3/h4H,1-3,5H2. The molecule has 0 nitrogen and oxygen atoms in total. The van der Waals surface area contributed by atoms with Gasteiger partial charge in [0.1, 0.15) is 0 Å². The van der Waals surface area contributed by atoms with Gasteiger partial charge >= 0.3 is 0 Å². The maximum Gasteiger partial charge on any atom is 0.0154 e. The number of thioether (sulfide) groups is 1. The fraction of sp³-hybridized carbons (Fsp3) is 0.167. The quantitative estimate of drug-likeness (QED) is 0.506. The maximum atomic E-state index is 3.60. The highest BCUT2D eigenvalue weighted by molar-refractivity contribution is 8.03. The van der Waals surface area contributed by atoms with E-state index < -0.39 is 0 Å². The molecule has 0 N–H and O–H groups in total. The summed E-state index contributed by atoms with van der Waals surface area (Å²) in [5.41, 5.74) is 0. The largest absolute Gasteiger partial charge is 0.127 e. The molecular weight excluding hydrogens is 104 g/mol. The highest BCUT2D eigenvalue weighted by Crippen LogP contribution is 2.09. The first-order chi connectivity index (χ1) is 3.27. The van der Waals surface area contributed by atoms with Gasteiger partial charge in [0.05, 0.1) is 0 Å². The third-order valence-electron chi connectivity index (χ3n) is 0.405. The van der Waals surface area contributed by atoms with Crippen LogP contribution < -0.4 is 0 Å². The zero-order valence-electron chi connectivity index (χ0n) is 4.31. The van der Waals surface area contributed by atoms with E-state index in [0.717, 1.165) is 10.7 Å². The highest BCUT2D eigenvalue weighted by Gasteiger charge is 1.78. The summed E-state index contributed by atoms with van der Waals surface area (Å²) in [5, 5.41) is 0. The minimum Gasteiger partial charge on any atom is -0.127 e. The molecule has 0 unspecified atom stereocenters. The van der Waals surface area contributed by atoms with Crippen molar-refractivity contribution in [1.82, 2.24) is 0 Å². The molecule has 0 saturated heterocycles. The van der Waals surface area contributed by atoms with Crippen LogP contribution in [0, 0.1) is 6.92 Å². The van der Waals surface area contributed by atoms with Crippen molar-refractivity contribution < 1.29 is 0 Å². The van der Waals surface area contributed by atoms with E-state index in [0.29, 0.717) is 0 Å². The van der Waals surface area contributed by atoms with Crippen molar-refractivity contribution in [3.63, 3.8) is 0 Å². The van der Waals surface area contributed by atoms with Crippen LogP contribution in [0.25, 0.3) is 0 Å². The van der Waals surface area contributed by atoms with Crippen LogP contribution >= 0.6 is 11.8 Å². The molecule has 0 bridgehead atoms. The van der Waals surface area contributed by atoms with Gasteiger partial charge < -0.3 is 0 Å². The van der Waals surface area contributed by atoms with E-state index in [4.69, 9.17) is 0 Å². The van der Waals surface area contributed by atoms with Crippen molar-refractivity contribution in [3.8, 4) is 0 Å². The number of rotatable bonds is 3. The highest BCUT2D eigenvalue weighted by atomic mass is 32.2. The van der Waals surface area contributed by atoms with E-state index in [9.17, 15) is 0 Å². The van der Waals surface area contributed by atoms with Crippen LogP contribution in [0.1, 0.15) is 0 Å². The second-order valence-corrected chi connectivity index (χ2v) is 2.34. The summed E-state index contributed by atoms with van der Waals surface area (Å²) in [5.74, 6) is 0.919. The van der Waals surface area contributed by atoms with Crippen molar-refractivity contribution in [2.75, 3.05) is 5.75 Å². The van der Waals surface area contributed by atoms with Gasteiger partial charge in [-0.15, -0.1) is 18.3 Å². The third-order valence-corrected chi connectivity index (χ3v) is 1.22. The molecule has 0 fully saturated rings. The van der Waals surface area contributed by atoms with Gasteiger partial charge in [-0.2, -0.15) is 0 Å². The smallest absolute Gasteiger partial charge is 0.0154 e. The number of hydrogen-bond acceptors (Lipinski definition) is 1. The van der Waals surface area contributed by atoms with Crippen LogP contribution in [0.5, 0.6) is 0 Å². The van der Waals surface area contributed by atoms with Crippen molar-refractivity contribution in [2.24, 2.45) is 0 Å². The van der Waals surface area contributed by atoms with Gasteiger partial charge in [0, 0.05) is 5.75 Å². The summed E-state index contributed by atoms with van der Waals surface area (Å²) in [7, 11) is 0. The topological polar surface area (TPSA) is 0 Å². The molecule has 0 saturated carbocycles. The van der Waals surface area contributed by atoms with Crippen LogP contribution in [0.3, 0.4) is 0 Å². The predicted octanol–water partition coefficient (Wildman–Crippen LogP) is 2.25. The van der Waals surface area contributed by atoms with E-state index in [2.05, 4.69) is 20.1 Å². The minimum atomic E-state index is 0.903. The average Bonchev–Trinajstić information content (AvgIpc) is 1.61. The second kappa shape index (κ2) is 4.00. The fourth-order valence-electron chi connectivity index (χ4n) is 0.177.